The molecule has 1 saturated heterocycles. The average molecular weight is 400 g/mol. The van der Waals surface area contributed by atoms with Crippen molar-refractivity contribution >= 4 is 22.6 Å². The van der Waals surface area contributed by atoms with Crippen molar-refractivity contribution in [2.24, 2.45) is 5.92 Å². The van der Waals surface area contributed by atoms with E-state index in [9.17, 15) is 4.79 Å². The first-order valence-corrected chi connectivity index (χ1v) is 9.96. The van der Waals surface area contributed by atoms with Crippen molar-refractivity contribution in [1.29, 1.82) is 0 Å². The van der Waals surface area contributed by atoms with Gasteiger partial charge < -0.3 is 20.0 Å². The summed E-state index contributed by atoms with van der Waals surface area (Å²) in [5, 5.41) is 18.9. The summed E-state index contributed by atoms with van der Waals surface area (Å²) in [6.45, 7) is 3.12. The molecule has 3 atom stereocenters. The SMILES string of the molecule is C[C@@H]1OC[C@H](CC=CCCCC(=O)O)[C@H](CNNc2nncc3ccccc23)O1. The van der Waals surface area contributed by atoms with Gasteiger partial charge in [0.2, 0.25) is 0 Å². The number of hydrogen-bond acceptors (Lipinski definition) is 7. The molecule has 0 unspecified atom stereocenters. The molecule has 0 saturated carbocycles. The molecule has 0 amide bonds. The van der Waals surface area contributed by atoms with Gasteiger partial charge >= 0.3 is 5.97 Å². The third-order valence-electron chi connectivity index (χ3n) is 4.88. The minimum Gasteiger partial charge on any atom is -0.481 e. The summed E-state index contributed by atoms with van der Waals surface area (Å²) < 4.78 is 11.6. The highest BCUT2D eigenvalue weighted by Gasteiger charge is 2.29. The number of hydrogen-bond donors (Lipinski definition) is 3. The highest BCUT2D eigenvalue weighted by molar-refractivity contribution is 5.90. The van der Waals surface area contributed by atoms with Crippen LogP contribution in [0.1, 0.15) is 32.6 Å². The molecule has 1 aromatic carbocycles. The number of benzene rings is 1. The molecule has 3 N–H and O–H groups in total. The Hall–Kier alpha value is -2.55. The molecule has 8 nitrogen and oxygen atoms in total. The Morgan fingerprint density at radius 2 is 2.21 bits per heavy atom. The lowest BCUT2D eigenvalue weighted by atomic mass is 9.97. The number of aromatic nitrogens is 2. The molecule has 1 aromatic heterocycles. The molecule has 1 fully saturated rings. The quantitative estimate of drug-likeness (QED) is 0.317. The van der Waals surface area contributed by atoms with Gasteiger partial charge in [-0.3, -0.25) is 4.79 Å². The van der Waals surface area contributed by atoms with Crippen molar-refractivity contribution < 1.29 is 19.4 Å². The predicted molar refractivity (Wildman–Crippen MR) is 110 cm³/mol. The zero-order valence-corrected chi connectivity index (χ0v) is 16.6. The highest BCUT2D eigenvalue weighted by atomic mass is 16.7. The van der Waals surface area contributed by atoms with Crippen LogP contribution in [0.2, 0.25) is 0 Å². The maximum Gasteiger partial charge on any atom is 0.303 e. The number of carbonyl (C=O) groups is 1. The minimum absolute atomic E-state index is 0.0159. The number of ether oxygens (including phenoxy) is 2. The van der Waals surface area contributed by atoms with Gasteiger partial charge in [-0.15, -0.1) is 5.10 Å². The molecule has 156 valence electrons. The van der Waals surface area contributed by atoms with E-state index in [1.54, 1.807) is 6.20 Å². The number of hydrazine groups is 1. The molecule has 8 heteroatoms. The third-order valence-corrected chi connectivity index (χ3v) is 4.88. The maximum atomic E-state index is 10.5. The summed E-state index contributed by atoms with van der Waals surface area (Å²) in [7, 11) is 0. The van der Waals surface area contributed by atoms with E-state index < -0.39 is 5.97 Å². The molecular formula is C21H28N4O4. The number of rotatable bonds is 10. The summed E-state index contributed by atoms with van der Waals surface area (Å²) in [6.07, 6.45) is 8.05. The van der Waals surface area contributed by atoms with Crippen LogP contribution in [0.15, 0.2) is 42.6 Å². The van der Waals surface area contributed by atoms with Crippen LogP contribution in [-0.2, 0) is 14.3 Å². The minimum atomic E-state index is -0.754. The van der Waals surface area contributed by atoms with Gasteiger partial charge in [0.05, 0.1) is 18.9 Å². The first-order valence-electron chi connectivity index (χ1n) is 9.96. The van der Waals surface area contributed by atoms with Crippen LogP contribution in [0.4, 0.5) is 5.82 Å². The maximum absolute atomic E-state index is 10.5. The second-order valence-electron chi connectivity index (χ2n) is 7.11. The highest BCUT2D eigenvalue weighted by Crippen LogP contribution is 2.22. The van der Waals surface area contributed by atoms with Crippen LogP contribution in [0.3, 0.4) is 0 Å². The Bertz CT molecular complexity index is 824. The summed E-state index contributed by atoms with van der Waals surface area (Å²) in [4.78, 5) is 10.5. The fraction of sp³-hybridized carbons (Fsp3) is 0.476. The fourth-order valence-electron chi connectivity index (χ4n) is 3.31. The number of fused-ring (bicyclic) bond motifs is 1. The van der Waals surface area contributed by atoms with Crippen molar-refractivity contribution in [3.05, 3.63) is 42.6 Å². The van der Waals surface area contributed by atoms with Gasteiger partial charge in [0.15, 0.2) is 12.1 Å². The van der Waals surface area contributed by atoms with Gasteiger partial charge in [-0.1, -0.05) is 36.4 Å². The van der Waals surface area contributed by atoms with Crippen LogP contribution >= 0.6 is 0 Å². The lowest BCUT2D eigenvalue weighted by Gasteiger charge is -2.35. The van der Waals surface area contributed by atoms with Gasteiger partial charge in [0, 0.05) is 29.7 Å². The van der Waals surface area contributed by atoms with E-state index in [1.165, 1.54) is 0 Å². The van der Waals surface area contributed by atoms with Crippen LogP contribution in [0.25, 0.3) is 10.8 Å². The van der Waals surface area contributed by atoms with E-state index in [0.29, 0.717) is 25.4 Å². The van der Waals surface area contributed by atoms with Crippen LogP contribution in [0, 0.1) is 5.92 Å². The molecule has 0 spiro atoms. The smallest absolute Gasteiger partial charge is 0.303 e. The van der Waals surface area contributed by atoms with Gasteiger partial charge in [-0.25, -0.2) is 5.43 Å². The second-order valence-corrected chi connectivity index (χ2v) is 7.11. The number of aliphatic carboxylic acids is 1. The summed E-state index contributed by atoms with van der Waals surface area (Å²) >= 11 is 0. The Balaban J connectivity index is 1.50. The van der Waals surface area contributed by atoms with Crippen molar-refractivity contribution in [2.45, 2.75) is 45.0 Å². The first-order chi connectivity index (χ1) is 14.1. The van der Waals surface area contributed by atoms with E-state index in [-0.39, 0.29) is 24.7 Å². The Morgan fingerprint density at radius 1 is 1.34 bits per heavy atom. The Labute approximate surface area is 170 Å². The standard InChI is InChI=1S/C21H28N4O4/c1-15-28-14-17(9-4-2-3-5-11-20(26)27)19(29-15)13-23-25-21-18-10-7-6-8-16(18)12-22-24-21/h2,4,6-8,10,12,15,17,19,23H,3,5,9,11,13-14H2,1H3,(H,24,25)(H,26,27)/t15-,17+,19+/m1/s1. The molecule has 29 heavy (non-hydrogen) atoms. The zero-order chi connectivity index (χ0) is 20.5. The van der Waals surface area contributed by atoms with Crippen molar-refractivity contribution in [2.75, 3.05) is 18.6 Å². The molecule has 0 radical (unpaired) electrons. The Morgan fingerprint density at radius 3 is 3.07 bits per heavy atom. The van der Waals surface area contributed by atoms with E-state index in [2.05, 4.69) is 27.1 Å². The molecule has 0 bridgehead atoms. The summed E-state index contributed by atoms with van der Waals surface area (Å²) in [5.74, 6) is 0.143. The number of unbranched alkanes of at least 4 members (excludes halogenated alkanes) is 1. The van der Waals surface area contributed by atoms with E-state index in [0.717, 1.165) is 23.6 Å². The van der Waals surface area contributed by atoms with E-state index >= 15 is 0 Å². The number of anilines is 1. The molecular weight excluding hydrogens is 372 g/mol. The van der Waals surface area contributed by atoms with Crippen LogP contribution in [0.5, 0.6) is 0 Å². The molecule has 2 aromatic rings. The summed E-state index contributed by atoms with van der Waals surface area (Å²) in [6, 6.07) is 7.94. The van der Waals surface area contributed by atoms with Crippen LogP contribution < -0.4 is 10.9 Å². The molecule has 3 rings (SSSR count). The van der Waals surface area contributed by atoms with E-state index in [1.807, 2.05) is 37.3 Å². The van der Waals surface area contributed by atoms with E-state index in [4.69, 9.17) is 14.6 Å². The molecule has 1 aliphatic rings. The van der Waals surface area contributed by atoms with Crippen molar-refractivity contribution in [1.82, 2.24) is 15.6 Å². The number of allylic oxidation sites excluding steroid dienone is 2. The molecule has 0 aliphatic carbocycles. The van der Waals surface area contributed by atoms with Gasteiger partial charge in [0.25, 0.3) is 0 Å². The van der Waals surface area contributed by atoms with Gasteiger partial charge in [0.1, 0.15) is 0 Å². The molecule has 2 heterocycles. The predicted octanol–water partition coefficient (Wildman–Crippen LogP) is 3.13. The van der Waals surface area contributed by atoms with Crippen molar-refractivity contribution in [3.63, 3.8) is 0 Å². The Kier molecular flexibility index (Phi) is 7.92. The number of carboxylic acids is 1. The normalized spacial score (nSPS) is 22.2. The average Bonchev–Trinajstić information content (AvgIpc) is 2.72. The monoisotopic (exact) mass is 400 g/mol. The summed E-state index contributed by atoms with van der Waals surface area (Å²) in [5.41, 5.74) is 6.36. The molecule has 1 aliphatic heterocycles. The first kappa shape index (κ1) is 21.2. The lowest BCUT2D eigenvalue weighted by Crippen LogP contribution is -2.45. The largest absolute Gasteiger partial charge is 0.481 e. The lowest BCUT2D eigenvalue weighted by molar-refractivity contribution is -0.225. The zero-order valence-electron chi connectivity index (χ0n) is 16.6. The second kappa shape index (κ2) is 10.8. The van der Waals surface area contributed by atoms with Gasteiger partial charge in [-0.2, -0.15) is 5.10 Å². The van der Waals surface area contributed by atoms with Crippen LogP contribution in [-0.4, -0.2) is 46.8 Å². The number of carboxylic acid groups (broad SMARTS) is 1. The number of nitrogens with one attached hydrogen (secondary N) is 2. The third kappa shape index (κ3) is 6.49. The topological polar surface area (TPSA) is 106 Å². The van der Waals surface area contributed by atoms with Gasteiger partial charge in [-0.05, 0) is 26.2 Å². The number of nitrogens with zero attached hydrogens (tertiary/aromatic N) is 2. The fourth-order valence-corrected chi connectivity index (χ4v) is 3.31. The van der Waals surface area contributed by atoms with Crippen molar-refractivity contribution in [3.8, 4) is 0 Å².